The van der Waals surface area contributed by atoms with Gasteiger partial charge in [0.15, 0.2) is 0 Å². The summed E-state index contributed by atoms with van der Waals surface area (Å²) in [6.45, 7) is 0.901. The Morgan fingerprint density at radius 1 is 1.33 bits per heavy atom. The van der Waals surface area contributed by atoms with Gasteiger partial charge in [-0.1, -0.05) is 11.6 Å². The van der Waals surface area contributed by atoms with E-state index in [0.29, 0.717) is 6.04 Å². The van der Waals surface area contributed by atoms with Crippen molar-refractivity contribution in [3.63, 3.8) is 0 Å². The van der Waals surface area contributed by atoms with E-state index in [2.05, 4.69) is 11.4 Å². The van der Waals surface area contributed by atoms with Gasteiger partial charge in [-0.3, -0.25) is 0 Å². The third-order valence-corrected chi connectivity index (χ3v) is 4.12. The van der Waals surface area contributed by atoms with E-state index in [1.807, 2.05) is 6.07 Å². The zero-order chi connectivity index (χ0) is 10.7. The summed E-state index contributed by atoms with van der Waals surface area (Å²) in [5.74, 6) is 0. The standard InChI is InChI=1S/C11H16ClNOS/c12-11-6-5-10(15-11)7-13-8-1-3-9(14)4-2-8/h5-6,8-9,13-14H,1-4,7H2. The monoisotopic (exact) mass is 245 g/mol. The van der Waals surface area contributed by atoms with Crippen molar-refractivity contribution < 1.29 is 5.11 Å². The van der Waals surface area contributed by atoms with E-state index in [1.165, 1.54) is 4.88 Å². The number of aliphatic hydroxyl groups is 1. The van der Waals surface area contributed by atoms with Crippen molar-refractivity contribution in [3.05, 3.63) is 21.3 Å². The lowest BCUT2D eigenvalue weighted by atomic mass is 9.93. The lowest BCUT2D eigenvalue weighted by molar-refractivity contribution is 0.116. The van der Waals surface area contributed by atoms with Gasteiger partial charge in [-0.2, -0.15) is 0 Å². The molecule has 0 aliphatic heterocycles. The van der Waals surface area contributed by atoms with Gasteiger partial charge in [-0.05, 0) is 37.8 Å². The first-order chi connectivity index (χ1) is 7.24. The zero-order valence-electron chi connectivity index (χ0n) is 8.58. The Morgan fingerprint density at radius 2 is 2.07 bits per heavy atom. The highest BCUT2D eigenvalue weighted by atomic mass is 35.5. The second-order valence-electron chi connectivity index (χ2n) is 4.09. The Hall–Kier alpha value is -0.0900. The molecule has 2 rings (SSSR count). The summed E-state index contributed by atoms with van der Waals surface area (Å²) in [5, 5.41) is 12.9. The fraction of sp³-hybridized carbons (Fsp3) is 0.636. The van der Waals surface area contributed by atoms with Gasteiger partial charge >= 0.3 is 0 Å². The summed E-state index contributed by atoms with van der Waals surface area (Å²) in [5.41, 5.74) is 0. The van der Waals surface area contributed by atoms with Gasteiger partial charge in [0.2, 0.25) is 0 Å². The Morgan fingerprint density at radius 3 is 2.67 bits per heavy atom. The van der Waals surface area contributed by atoms with Crippen molar-refractivity contribution >= 4 is 22.9 Å². The van der Waals surface area contributed by atoms with Gasteiger partial charge in [-0.15, -0.1) is 11.3 Å². The molecule has 84 valence electrons. The minimum Gasteiger partial charge on any atom is -0.393 e. The van der Waals surface area contributed by atoms with E-state index in [1.54, 1.807) is 11.3 Å². The number of thiophene rings is 1. The van der Waals surface area contributed by atoms with Crippen LogP contribution >= 0.6 is 22.9 Å². The van der Waals surface area contributed by atoms with Crippen molar-refractivity contribution in [2.75, 3.05) is 0 Å². The van der Waals surface area contributed by atoms with Crippen LogP contribution in [0.5, 0.6) is 0 Å². The van der Waals surface area contributed by atoms with Gasteiger partial charge in [-0.25, -0.2) is 0 Å². The highest BCUT2D eigenvalue weighted by molar-refractivity contribution is 7.16. The maximum absolute atomic E-state index is 9.37. The summed E-state index contributed by atoms with van der Waals surface area (Å²) < 4.78 is 0.853. The van der Waals surface area contributed by atoms with E-state index in [-0.39, 0.29) is 6.10 Å². The van der Waals surface area contributed by atoms with Crippen LogP contribution in [0, 0.1) is 0 Å². The van der Waals surface area contributed by atoms with Crippen LogP contribution in [0.15, 0.2) is 12.1 Å². The largest absolute Gasteiger partial charge is 0.393 e. The molecule has 1 fully saturated rings. The molecule has 0 spiro atoms. The van der Waals surface area contributed by atoms with Gasteiger partial charge in [0, 0.05) is 17.5 Å². The Balaban J connectivity index is 1.74. The highest BCUT2D eigenvalue weighted by Crippen LogP contribution is 2.23. The average molecular weight is 246 g/mol. The van der Waals surface area contributed by atoms with E-state index in [9.17, 15) is 5.11 Å². The summed E-state index contributed by atoms with van der Waals surface area (Å²) >= 11 is 7.49. The van der Waals surface area contributed by atoms with Crippen LogP contribution < -0.4 is 5.32 Å². The lowest BCUT2D eigenvalue weighted by Crippen LogP contribution is -2.33. The molecule has 0 aromatic carbocycles. The van der Waals surface area contributed by atoms with E-state index in [0.717, 1.165) is 36.6 Å². The summed E-state index contributed by atoms with van der Waals surface area (Å²) in [4.78, 5) is 1.28. The third kappa shape index (κ3) is 3.45. The molecule has 0 radical (unpaired) electrons. The summed E-state index contributed by atoms with van der Waals surface area (Å²) in [6.07, 6.45) is 3.96. The van der Waals surface area contributed by atoms with Crippen LogP contribution in [0.4, 0.5) is 0 Å². The van der Waals surface area contributed by atoms with Crippen molar-refractivity contribution in [1.29, 1.82) is 0 Å². The van der Waals surface area contributed by atoms with Crippen molar-refractivity contribution in [2.45, 2.75) is 44.4 Å². The Kier molecular flexibility index (Phi) is 4.03. The normalized spacial score (nSPS) is 26.8. The number of rotatable bonds is 3. The van der Waals surface area contributed by atoms with Crippen LogP contribution in [0.1, 0.15) is 30.6 Å². The molecule has 1 heterocycles. The van der Waals surface area contributed by atoms with E-state index in [4.69, 9.17) is 11.6 Å². The topological polar surface area (TPSA) is 32.3 Å². The summed E-state index contributed by atoms with van der Waals surface area (Å²) in [6, 6.07) is 4.57. The van der Waals surface area contributed by atoms with E-state index >= 15 is 0 Å². The molecule has 1 aliphatic rings. The Labute approximate surface area is 99.3 Å². The Bertz CT molecular complexity index is 307. The first kappa shape index (κ1) is 11.4. The molecule has 0 bridgehead atoms. The minimum absolute atomic E-state index is 0.0702. The molecule has 1 aromatic rings. The molecule has 2 nitrogen and oxygen atoms in total. The molecule has 0 unspecified atom stereocenters. The smallest absolute Gasteiger partial charge is 0.0931 e. The third-order valence-electron chi connectivity index (χ3n) is 2.89. The first-order valence-electron chi connectivity index (χ1n) is 5.39. The fourth-order valence-corrected chi connectivity index (χ4v) is 3.01. The maximum atomic E-state index is 9.37. The van der Waals surface area contributed by atoms with Crippen molar-refractivity contribution in [1.82, 2.24) is 5.32 Å². The number of hydrogen-bond acceptors (Lipinski definition) is 3. The molecule has 0 saturated heterocycles. The quantitative estimate of drug-likeness (QED) is 0.859. The molecule has 1 aromatic heterocycles. The van der Waals surface area contributed by atoms with E-state index < -0.39 is 0 Å². The lowest BCUT2D eigenvalue weighted by Gasteiger charge is -2.26. The molecule has 0 atom stereocenters. The predicted molar refractivity (Wildman–Crippen MR) is 64.4 cm³/mol. The van der Waals surface area contributed by atoms with Crippen LogP contribution in [0.3, 0.4) is 0 Å². The molecule has 2 N–H and O–H groups in total. The minimum atomic E-state index is -0.0702. The van der Waals surface area contributed by atoms with Gasteiger partial charge in [0.1, 0.15) is 0 Å². The van der Waals surface area contributed by atoms with Crippen molar-refractivity contribution in [3.8, 4) is 0 Å². The molecule has 1 saturated carbocycles. The zero-order valence-corrected chi connectivity index (χ0v) is 10.2. The highest BCUT2D eigenvalue weighted by Gasteiger charge is 2.18. The predicted octanol–water partition coefficient (Wildman–Crippen LogP) is 2.79. The number of nitrogens with one attached hydrogen (secondary N) is 1. The van der Waals surface area contributed by atoms with Gasteiger partial charge < -0.3 is 10.4 Å². The summed E-state index contributed by atoms with van der Waals surface area (Å²) in [7, 11) is 0. The molecule has 4 heteroatoms. The van der Waals surface area contributed by atoms with Crippen LogP contribution in [-0.2, 0) is 6.54 Å². The van der Waals surface area contributed by atoms with Crippen molar-refractivity contribution in [2.24, 2.45) is 0 Å². The molecule has 15 heavy (non-hydrogen) atoms. The molecular weight excluding hydrogens is 230 g/mol. The van der Waals surface area contributed by atoms with Crippen LogP contribution in [0.25, 0.3) is 0 Å². The molecule has 0 amide bonds. The molecular formula is C11H16ClNOS. The number of hydrogen-bond donors (Lipinski definition) is 2. The fourth-order valence-electron chi connectivity index (χ4n) is 1.97. The maximum Gasteiger partial charge on any atom is 0.0931 e. The molecule has 1 aliphatic carbocycles. The van der Waals surface area contributed by atoms with Gasteiger partial charge in [0.05, 0.1) is 10.4 Å². The second-order valence-corrected chi connectivity index (χ2v) is 5.89. The SMILES string of the molecule is OC1CCC(NCc2ccc(Cl)s2)CC1. The average Bonchev–Trinajstić information content (AvgIpc) is 2.64. The van der Waals surface area contributed by atoms with Crippen LogP contribution in [0.2, 0.25) is 4.34 Å². The number of aliphatic hydroxyl groups excluding tert-OH is 1. The van der Waals surface area contributed by atoms with Crippen LogP contribution in [-0.4, -0.2) is 17.3 Å². The van der Waals surface area contributed by atoms with Gasteiger partial charge in [0.25, 0.3) is 0 Å². The number of halogens is 1. The second kappa shape index (κ2) is 5.30. The first-order valence-corrected chi connectivity index (χ1v) is 6.59.